The highest BCUT2D eigenvalue weighted by molar-refractivity contribution is 7.99. The summed E-state index contributed by atoms with van der Waals surface area (Å²) in [6.45, 7) is 0. The average Bonchev–Trinajstić information content (AvgIpc) is 3.15. The number of hydrogen-bond donors (Lipinski definition) is 0. The molecular formula is C22H19N5OS. The summed E-state index contributed by atoms with van der Waals surface area (Å²) in [4.78, 5) is 18.9. The average molecular weight is 401 g/mol. The second kappa shape index (κ2) is 8.70. The molecule has 2 aromatic carbocycles. The first kappa shape index (κ1) is 18.9. The van der Waals surface area contributed by atoms with Crippen molar-refractivity contribution in [3.05, 3.63) is 85.2 Å². The number of carbonyl (C=O) groups is 1. The van der Waals surface area contributed by atoms with Gasteiger partial charge in [-0.25, -0.2) is 0 Å². The molecular weight excluding hydrogens is 382 g/mol. The summed E-state index contributed by atoms with van der Waals surface area (Å²) in [7, 11) is 1.90. The molecule has 2 heterocycles. The number of hydrogen-bond acceptors (Lipinski definition) is 5. The van der Waals surface area contributed by atoms with E-state index in [2.05, 4.69) is 15.2 Å². The fraction of sp³-hybridized carbons (Fsp3) is 0.0909. The molecule has 0 fully saturated rings. The molecule has 0 aliphatic carbocycles. The van der Waals surface area contributed by atoms with E-state index in [1.165, 1.54) is 11.8 Å². The largest absolute Gasteiger partial charge is 0.305 e. The zero-order valence-electron chi connectivity index (χ0n) is 15.8. The van der Waals surface area contributed by atoms with E-state index in [9.17, 15) is 4.79 Å². The number of anilines is 2. The summed E-state index contributed by atoms with van der Waals surface area (Å²) in [5.74, 6) is 0.956. The number of aromatic nitrogens is 4. The van der Waals surface area contributed by atoms with Crippen LogP contribution in [0, 0.1) is 0 Å². The molecule has 0 atom stereocenters. The van der Waals surface area contributed by atoms with Crippen molar-refractivity contribution in [2.24, 2.45) is 7.05 Å². The van der Waals surface area contributed by atoms with Crippen LogP contribution in [0.5, 0.6) is 0 Å². The predicted octanol–water partition coefficient (Wildman–Crippen LogP) is 4.33. The highest BCUT2D eigenvalue weighted by Gasteiger charge is 2.20. The van der Waals surface area contributed by atoms with Crippen molar-refractivity contribution in [2.45, 2.75) is 5.16 Å². The van der Waals surface area contributed by atoms with Crippen molar-refractivity contribution < 1.29 is 4.79 Å². The number of rotatable bonds is 6. The fourth-order valence-electron chi connectivity index (χ4n) is 2.97. The van der Waals surface area contributed by atoms with E-state index in [-0.39, 0.29) is 11.7 Å². The van der Waals surface area contributed by atoms with Crippen LogP contribution < -0.4 is 4.90 Å². The van der Waals surface area contributed by atoms with Crippen molar-refractivity contribution in [1.82, 2.24) is 19.7 Å². The normalized spacial score (nSPS) is 10.7. The number of carbonyl (C=O) groups excluding carboxylic acids is 1. The third kappa shape index (κ3) is 4.20. The van der Waals surface area contributed by atoms with Crippen LogP contribution in [0.4, 0.5) is 11.4 Å². The third-order valence-corrected chi connectivity index (χ3v) is 5.38. The molecule has 144 valence electrons. The molecule has 6 nitrogen and oxygen atoms in total. The van der Waals surface area contributed by atoms with Gasteiger partial charge in [0.05, 0.1) is 5.75 Å². The minimum Gasteiger partial charge on any atom is -0.305 e. The molecule has 0 N–H and O–H groups in total. The van der Waals surface area contributed by atoms with Crippen LogP contribution in [-0.2, 0) is 11.8 Å². The molecule has 0 bridgehead atoms. The second-order valence-corrected chi connectivity index (χ2v) is 7.23. The van der Waals surface area contributed by atoms with Crippen LogP contribution in [0.2, 0.25) is 0 Å². The van der Waals surface area contributed by atoms with E-state index in [1.54, 1.807) is 17.3 Å². The van der Waals surface area contributed by atoms with Crippen LogP contribution in [0.15, 0.2) is 90.3 Å². The van der Waals surface area contributed by atoms with Gasteiger partial charge in [-0.2, -0.15) is 0 Å². The Bertz CT molecular complexity index is 1040. The highest BCUT2D eigenvalue weighted by atomic mass is 32.2. The van der Waals surface area contributed by atoms with Crippen LogP contribution in [0.1, 0.15) is 0 Å². The maximum atomic E-state index is 13.1. The molecule has 2 aromatic heterocycles. The third-order valence-electron chi connectivity index (χ3n) is 4.38. The number of nitrogens with zero attached hydrogens (tertiary/aromatic N) is 5. The summed E-state index contributed by atoms with van der Waals surface area (Å²) in [6.07, 6.45) is 3.44. The lowest BCUT2D eigenvalue weighted by atomic mass is 10.2. The molecule has 0 unspecified atom stereocenters. The van der Waals surface area contributed by atoms with E-state index in [0.29, 0.717) is 5.16 Å². The van der Waals surface area contributed by atoms with E-state index in [0.717, 1.165) is 22.8 Å². The molecule has 4 rings (SSSR count). The second-order valence-electron chi connectivity index (χ2n) is 6.29. The molecule has 0 aliphatic heterocycles. The van der Waals surface area contributed by atoms with Gasteiger partial charge in [-0.15, -0.1) is 10.2 Å². The van der Waals surface area contributed by atoms with Crippen molar-refractivity contribution in [3.63, 3.8) is 0 Å². The first-order chi connectivity index (χ1) is 14.2. The molecule has 0 radical (unpaired) electrons. The Morgan fingerprint density at radius 2 is 1.48 bits per heavy atom. The first-order valence-corrected chi connectivity index (χ1v) is 10.1. The molecule has 4 aromatic rings. The Kier molecular flexibility index (Phi) is 5.67. The number of pyridine rings is 1. The van der Waals surface area contributed by atoms with Crippen LogP contribution >= 0.6 is 11.8 Å². The zero-order chi connectivity index (χ0) is 20.1. The van der Waals surface area contributed by atoms with Gasteiger partial charge in [0.2, 0.25) is 5.91 Å². The van der Waals surface area contributed by atoms with Crippen LogP contribution in [-0.4, -0.2) is 31.4 Å². The van der Waals surface area contributed by atoms with Crippen LogP contribution in [0.25, 0.3) is 11.4 Å². The Morgan fingerprint density at radius 3 is 2.07 bits per heavy atom. The number of benzene rings is 2. The van der Waals surface area contributed by atoms with Gasteiger partial charge in [-0.3, -0.25) is 14.7 Å². The minimum atomic E-state index is -0.0270. The molecule has 0 spiro atoms. The Morgan fingerprint density at radius 1 is 0.897 bits per heavy atom. The summed E-state index contributed by atoms with van der Waals surface area (Å²) >= 11 is 1.37. The van der Waals surface area contributed by atoms with Crippen molar-refractivity contribution in [2.75, 3.05) is 10.7 Å². The van der Waals surface area contributed by atoms with E-state index in [1.807, 2.05) is 84.4 Å². The van der Waals surface area contributed by atoms with Crippen molar-refractivity contribution in [1.29, 1.82) is 0 Å². The molecule has 1 amide bonds. The lowest BCUT2D eigenvalue weighted by Crippen LogP contribution is -2.27. The molecule has 0 saturated carbocycles. The van der Waals surface area contributed by atoms with Crippen LogP contribution in [0.3, 0.4) is 0 Å². The number of thioether (sulfide) groups is 1. The van der Waals surface area contributed by atoms with Gasteiger partial charge in [-0.1, -0.05) is 48.2 Å². The molecule has 7 heteroatoms. The highest BCUT2D eigenvalue weighted by Crippen LogP contribution is 2.28. The lowest BCUT2D eigenvalue weighted by molar-refractivity contribution is -0.115. The summed E-state index contributed by atoms with van der Waals surface area (Å²) in [6, 6.07) is 23.1. The Balaban J connectivity index is 1.54. The standard InChI is InChI=1S/C22H19N5OS/c1-26-21(17-12-14-23-15-13-17)24-25-22(26)29-16-20(28)27(18-8-4-2-5-9-18)19-10-6-3-7-11-19/h2-15H,16H2,1H3. The zero-order valence-corrected chi connectivity index (χ0v) is 16.7. The van der Waals surface area contributed by atoms with Gasteiger partial charge in [0.25, 0.3) is 0 Å². The predicted molar refractivity (Wildman–Crippen MR) is 115 cm³/mol. The molecule has 0 aliphatic rings. The lowest BCUT2D eigenvalue weighted by Gasteiger charge is -2.22. The summed E-state index contributed by atoms with van der Waals surface area (Å²) in [5.41, 5.74) is 2.60. The van der Waals surface area contributed by atoms with E-state index < -0.39 is 0 Å². The van der Waals surface area contributed by atoms with Gasteiger partial charge in [0.1, 0.15) is 0 Å². The topological polar surface area (TPSA) is 63.9 Å². The SMILES string of the molecule is Cn1c(SCC(=O)N(c2ccccc2)c2ccccc2)nnc1-c1ccncc1. The quantitative estimate of drug-likeness (QED) is 0.450. The summed E-state index contributed by atoms with van der Waals surface area (Å²) in [5, 5.41) is 9.20. The van der Waals surface area contributed by atoms with Gasteiger partial charge in [-0.05, 0) is 36.4 Å². The van der Waals surface area contributed by atoms with E-state index >= 15 is 0 Å². The van der Waals surface area contributed by atoms with Gasteiger partial charge >= 0.3 is 0 Å². The maximum absolute atomic E-state index is 13.1. The Labute approximate surface area is 173 Å². The van der Waals surface area contributed by atoms with Gasteiger partial charge in [0, 0.05) is 36.4 Å². The smallest absolute Gasteiger partial charge is 0.242 e. The van der Waals surface area contributed by atoms with Crippen molar-refractivity contribution in [3.8, 4) is 11.4 Å². The van der Waals surface area contributed by atoms with Crippen molar-refractivity contribution >= 4 is 29.0 Å². The number of para-hydroxylation sites is 2. The van der Waals surface area contributed by atoms with Gasteiger partial charge in [0.15, 0.2) is 11.0 Å². The summed E-state index contributed by atoms with van der Waals surface area (Å²) < 4.78 is 1.89. The van der Waals surface area contributed by atoms with Gasteiger partial charge < -0.3 is 4.57 Å². The number of amides is 1. The maximum Gasteiger partial charge on any atom is 0.242 e. The first-order valence-electron chi connectivity index (χ1n) is 9.09. The fourth-order valence-corrected chi connectivity index (χ4v) is 3.74. The monoisotopic (exact) mass is 401 g/mol. The molecule has 0 saturated heterocycles. The van der Waals surface area contributed by atoms with E-state index in [4.69, 9.17) is 0 Å². The Hall–Kier alpha value is -3.45. The minimum absolute atomic E-state index is 0.0270. The molecule has 29 heavy (non-hydrogen) atoms.